The maximum Gasteiger partial charge on any atom is 0.426 e. The number of rotatable bonds is 5. The molecule has 156 valence electrons. The Bertz CT molecular complexity index is 1060. The van der Waals surface area contributed by atoms with Gasteiger partial charge in [-0.2, -0.15) is 13.2 Å². The van der Waals surface area contributed by atoms with Crippen molar-refractivity contribution < 1.29 is 36.3 Å². The van der Waals surface area contributed by atoms with E-state index in [1.54, 1.807) is 0 Å². The van der Waals surface area contributed by atoms with E-state index in [9.17, 15) is 36.3 Å². The molecule has 0 bridgehead atoms. The molecule has 29 heavy (non-hydrogen) atoms. The Morgan fingerprint density at radius 2 is 1.55 bits per heavy atom. The van der Waals surface area contributed by atoms with Crippen LogP contribution in [0.2, 0.25) is 5.02 Å². The topological polar surface area (TPSA) is 101 Å². The van der Waals surface area contributed by atoms with Gasteiger partial charge in [-0.25, -0.2) is 8.42 Å². The molecule has 0 aliphatic carbocycles. The average molecular weight is 450 g/mol. The molecular formula is C18H15ClF3NO5S. The molecular weight excluding hydrogens is 435 g/mol. The summed E-state index contributed by atoms with van der Waals surface area (Å²) in [7, 11) is -4.04. The Kier molecular flexibility index (Phi) is 6.12. The molecule has 1 unspecified atom stereocenters. The van der Waals surface area contributed by atoms with Gasteiger partial charge in [0.25, 0.3) is 5.91 Å². The molecule has 11 heteroatoms. The average Bonchev–Trinajstić information content (AvgIpc) is 2.62. The van der Waals surface area contributed by atoms with Crippen LogP contribution in [-0.4, -0.2) is 37.0 Å². The van der Waals surface area contributed by atoms with Crippen LogP contribution in [-0.2, 0) is 14.6 Å². The number of anilines is 1. The highest BCUT2D eigenvalue weighted by molar-refractivity contribution is 7.91. The van der Waals surface area contributed by atoms with E-state index >= 15 is 0 Å². The zero-order valence-corrected chi connectivity index (χ0v) is 16.6. The maximum absolute atomic E-state index is 12.7. The smallest absolute Gasteiger partial charge is 0.373 e. The normalized spacial score (nSPS) is 14.2. The summed E-state index contributed by atoms with van der Waals surface area (Å²) in [4.78, 5) is 22.6. The van der Waals surface area contributed by atoms with Gasteiger partial charge in [-0.15, -0.1) is 0 Å². The van der Waals surface area contributed by atoms with Crippen LogP contribution in [0.15, 0.2) is 52.3 Å². The van der Waals surface area contributed by atoms with Crippen molar-refractivity contribution >= 4 is 38.8 Å². The lowest BCUT2D eigenvalue weighted by Crippen LogP contribution is -2.52. The first-order chi connectivity index (χ1) is 13.2. The van der Waals surface area contributed by atoms with Gasteiger partial charge in [0, 0.05) is 5.56 Å². The van der Waals surface area contributed by atoms with E-state index in [1.165, 1.54) is 31.2 Å². The van der Waals surface area contributed by atoms with Crippen molar-refractivity contribution in [2.45, 2.75) is 35.4 Å². The molecule has 0 saturated carbocycles. The quantitative estimate of drug-likeness (QED) is 0.679. The molecule has 0 aliphatic heterocycles. The van der Waals surface area contributed by atoms with Crippen LogP contribution in [0, 0.1) is 0 Å². The molecule has 0 aliphatic rings. The minimum absolute atomic E-state index is 0.129. The molecule has 2 aromatic carbocycles. The minimum atomic E-state index is -5.22. The number of hydrogen-bond acceptors (Lipinski definition) is 5. The Hall–Kier alpha value is -2.43. The summed E-state index contributed by atoms with van der Waals surface area (Å²) in [5, 5.41) is 10.8. The van der Waals surface area contributed by atoms with Crippen molar-refractivity contribution in [1.29, 1.82) is 0 Å². The second kappa shape index (κ2) is 7.77. The third-order valence-electron chi connectivity index (χ3n) is 4.06. The number of ketones is 1. The van der Waals surface area contributed by atoms with Crippen LogP contribution >= 0.6 is 11.6 Å². The van der Waals surface area contributed by atoms with E-state index in [2.05, 4.69) is 0 Å². The van der Waals surface area contributed by atoms with E-state index in [0.717, 1.165) is 18.2 Å². The third kappa shape index (κ3) is 4.60. The van der Waals surface area contributed by atoms with E-state index in [1.807, 2.05) is 5.32 Å². The van der Waals surface area contributed by atoms with Crippen LogP contribution in [0.1, 0.15) is 24.2 Å². The molecule has 1 atom stereocenters. The molecule has 0 spiro atoms. The highest BCUT2D eigenvalue weighted by Gasteiger charge is 2.55. The predicted octanol–water partition coefficient (Wildman–Crippen LogP) is 3.63. The van der Waals surface area contributed by atoms with Gasteiger partial charge in [-0.05, 0) is 44.2 Å². The number of halogens is 4. The Morgan fingerprint density at radius 1 is 1.03 bits per heavy atom. The van der Waals surface area contributed by atoms with E-state index < -0.39 is 27.5 Å². The first-order valence-electron chi connectivity index (χ1n) is 7.94. The maximum atomic E-state index is 12.7. The van der Waals surface area contributed by atoms with Crippen molar-refractivity contribution in [3.05, 3.63) is 53.1 Å². The molecule has 0 aromatic heterocycles. The fourth-order valence-corrected chi connectivity index (χ4v) is 3.72. The SMILES string of the molecule is CC(=O)c1ccc(S(=O)(=O)c2ccc(NC(=O)C(C)(O)C(F)(F)F)c(Cl)c2)cc1. The zero-order valence-electron chi connectivity index (χ0n) is 15.0. The van der Waals surface area contributed by atoms with Gasteiger partial charge in [0.15, 0.2) is 5.78 Å². The fourth-order valence-electron chi connectivity index (χ4n) is 2.14. The van der Waals surface area contributed by atoms with Crippen LogP contribution < -0.4 is 5.32 Å². The summed E-state index contributed by atoms with van der Waals surface area (Å²) >= 11 is 5.91. The predicted molar refractivity (Wildman–Crippen MR) is 98.7 cm³/mol. The van der Waals surface area contributed by atoms with Gasteiger partial charge in [0.1, 0.15) is 0 Å². The molecule has 0 radical (unpaired) electrons. The number of alkyl halides is 3. The minimum Gasteiger partial charge on any atom is -0.373 e. The second-order valence-electron chi connectivity index (χ2n) is 6.25. The van der Waals surface area contributed by atoms with Crippen LogP contribution in [0.5, 0.6) is 0 Å². The molecule has 6 nitrogen and oxygen atoms in total. The van der Waals surface area contributed by atoms with Gasteiger partial charge >= 0.3 is 6.18 Å². The number of aliphatic hydroxyl groups is 1. The van der Waals surface area contributed by atoms with E-state index in [4.69, 9.17) is 11.6 Å². The summed E-state index contributed by atoms with van der Waals surface area (Å²) in [6, 6.07) is 8.14. The van der Waals surface area contributed by atoms with Crippen LogP contribution in [0.3, 0.4) is 0 Å². The number of benzene rings is 2. The largest absolute Gasteiger partial charge is 0.426 e. The van der Waals surface area contributed by atoms with Crippen molar-refractivity contribution in [1.82, 2.24) is 0 Å². The van der Waals surface area contributed by atoms with Gasteiger partial charge in [0.05, 0.1) is 20.5 Å². The summed E-state index contributed by atoms with van der Waals surface area (Å²) in [5.74, 6) is -2.02. The number of carbonyl (C=O) groups is 2. The summed E-state index contributed by atoms with van der Waals surface area (Å²) < 4.78 is 63.5. The second-order valence-corrected chi connectivity index (χ2v) is 8.61. The monoisotopic (exact) mass is 449 g/mol. The van der Waals surface area contributed by atoms with E-state index in [0.29, 0.717) is 5.56 Å². The summed E-state index contributed by atoms with van der Waals surface area (Å²) in [6.07, 6.45) is -5.22. The number of hydrogen-bond donors (Lipinski definition) is 2. The van der Waals surface area contributed by atoms with Crippen molar-refractivity contribution in [3.8, 4) is 0 Å². The van der Waals surface area contributed by atoms with Gasteiger partial charge in [-0.1, -0.05) is 23.7 Å². The fraction of sp³-hybridized carbons (Fsp3) is 0.222. The number of sulfone groups is 1. The van der Waals surface area contributed by atoms with Crippen molar-refractivity contribution in [2.75, 3.05) is 5.32 Å². The lowest BCUT2D eigenvalue weighted by molar-refractivity contribution is -0.242. The Balaban J connectivity index is 2.33. The Labute approximate surface area is 169 Å². The molecule has 0 heterocycles. The van der Waals surface area contributed by atoms with Gasteiger partial charge < -0.3 is 10.4 Å². The molecule has 2 N–H and O–H groups in total. The molecule has 0 saturated heterocycles. The lowest BCUT2D eigenvalue weighted by Gasteiger charge is -2.25. The lowest BCUT2D eigenvalue weighted by atomic mass is 10.1. The molecule has 2 aromatic rings. The van der Waals surface area contributed by atoms with Crippen LogP contribution in [0.25, 0.3) is 0 Å². The highest BCUT2D eigenvalue weighted by atomic mass is 35.5. The highest BCUT2D eigenvalue weighted by Crippen LogP contribution is 2.33. The Morgan fingerprint density at radius 3 is 2.00 bits per heavy atom. The molecule has 1 amide bonds. The van der Waals surface area contributed by atoms with Gasteiger partial charge in [0.2, 0.25) is 15.4 Å². The van der Waals surface area contributed by atoms with Crippen molar-refractivity contribution in [3.63, 3.8) is 0 Å². The number of carbonyl (C=O) groups excluding carboxylic acids is 2. The molecule has 2 rings (SSSR count). The number of Topliss-reactive ketones (excluding diaryl/α,β-unsaturated/α-hetero) is 1. The first kappa shape index (κ1) is 22.9. The zero-order chi connectivity index (χ0) is 22.2. The third-order valence-corrected chi connectivity index (χ3v) is 6.14. The van der Waals surface area contributed by atoms with E-state index in [-0.39, 0.29) is 33.2 Å². The molecule has 0 fully saturated rings. The van der Waals surface area contributed by atoms with Crippen molar-refractivity contribution in [2.24, 2.45) is 0 Å². The standard InChI is InChI=1S/C18H15ClF3NO5S/c1-10(24)11-3-5-12(6-4-11)29(27,28)13-7-8-15(14(19)9-13)23-16(25)17(2,26)18(20,21)22/h3-9,26H,1-2H3,(H,23,25). The number of nitrogens with one attached hydrogen (secondary N) is 1. The number of amides is 1. The first-order valence-corrected chi connectivity index (χ1v) is 9.80. The van der Waals surface area contributed by atoms with Crippen LogP contribution in [0.4, 0.5) is 18.9 Å². The van der Waals surface area contributed by atoms with Gasteiger partial charge in [-0.3, -0.25) is 9.59 Å². The summed E-state index contributed by atoms with van der Waals surface area (Å²) in [5.41, 5.74) is -3.66. The summed E-state index contributed by atoms with van der Waals surface area (Å²) in [6.45, 7) is 1.60.